The Kier molecular flexibility index (Phi) is 2.67. The summed E-state index contributed by atoms with van der Waals surface area (Å²) in [6, 6.07) is 0. The van der Waals surface area contributed by atoms with Crippen LogP contribution in [0.5, 0.6) is 0 Å². The van der Waals surface area contributed by atoms with E-state index in [2.05, 4.69) is 10.3 Å². The highest BCUT2D eigenvalue weighted by Crippen LogP contribution is 2.17. The standard InChI is InChI=1S/C5H5ClN2O2S/c6-5-8-3(2-11-5)7-1-4(9)10/h2,7H,1H2,(H,9,10). The Morgan fingerprint density at radius 1 is 1.91 bits per heavy atom. The summed E-state index contributed by atoms with van der Waals surface area (Å²) in [6.07, 6.45) is 0. The zero-order valence-corrected chi connectivity index (χ0v) is 6.95. The molecule has 2 N–H and O–H groups in total. The SMILES string of the molecule is O=C(O)CNc1csc(Cl)n1. The largest absolute Gasteiger partial charge is 0.480 e. The summed E-state index contributed by atoms with van der Waals surface area (Å²) in [4.78, 5) is 13.9. The highest BCUT2D eigenvalue weighted by molar-refractivity contribution is 7.14. The van der Waals surface area contributed by atoms with Gasteiger partial charge in [-0.15, -0.1) is 11.3 Å². The average Bonchev–Trinajstić information content (AvgIpc) is 2.31. The maximum Gasteiger partial charge on any atom is 0.322 e. The zero-order chi connectivity index (χ0) is 8.27. The molecule has 0 radical (unpaired) electrons. The van der Waals surface area contributed by atoms with E-state index in [9.17, 15) is 4.79 Å². The number of halogens is 1. The van der Waals surface area contributed by atoms with Gasteiger partial charge in [0.15, 0.2) is 4.47 Å². The molecule has 60 valence electrons. The number of nitrogens with one attached hydrogen (secondary N) is 1. The minimum atomic E-state index is -0.922. The van der Waals surface area contributed by atoms with Gasteiger partial charge in [0.05, 0.1) is 0 Å². The third-order valence-corrected chi connectivity index (χ3v) is 1.88. The molecule has 0 spiro atoms. The number of anilines is 1. The fourth-order valence-corrected chi connectivity index (χ4v) is 1.22. The van der Waals surface area contributed by atoms with E-state index in [1.54, 1.807) is 5.38 Å². The molecule has 0 bridgehead atoms. The molecule has 0 atom stereocenters. The minimum absolute atomic E-state index is 0.139. The van der Waals surface area contributed by atoms with Gasteiger partial charge in [-0.05, 0) is 0 Å². The molecule has 0 aliphatic rings. The third kappa shape index (κ3) is 2.73. The van der Waals surface area contributed by atoms with Crippen LogP contribution in [-0.2, 0) is 4.79 Å². The van der Waals surface area contributed by atoms with Crippen molar-refractivity contribution in [2.75, 3.05) is 11.9 Å². The first-order valence-electron chi connectivity index (χ1n) is 2.75. The summed E-state index contributed by atoms with van der Waals surface area (Å²) in [5, 5.41) is 12.5. The van der Waals surface area contributed by atoms with Crippen LogP contribution in [0.15, 0.2) is 5.38 Å². The van der Waals surface area contributed by atoms with E-state index in [4.69, 9.17) is 16.7 Å². The van der Waals surface area contributed by atoms with Crippen molar-refractivity contribution in [3.05, 3.63) is 9.85 Å². The Labute approximate surface area is 71.8 Å². The zero-order valence-electron chi connectivity index (χ0n) is 5.37. The van der Waals surface area contributed by atoms with Gasteiger partial charge in [0, 0.05) is 5.38 Å². The molecule has 0 aliphatic heterocycles. The van der Waals surface area contributed by atoms with E-state index in [1.165, 1.54) is 11.3 Å². The fraction of sp³-hybridized carbons (Fsp3) is 0.200. The van der Waals surface area contributed by atoms with E-state index in [1.807, 2.05) is 0 Å². The number of aromatic nitrogens is 1. The molecule has 1 heterocycles. The predicted molar refractivity (Wildman–Crippen MR) is 43.2 cm³/mol. The lowest BCUT2D eigenvalue weighted by Gasteiger charge is -1.94. The fourth-order valence-electron chi connectivity index (χ4n) is 0.499. The summed E-state index contributed by atoms with van der Waals surface area (Å²) >= 11 is 6.75. The molecule has 6 heteroatoms. The van der Waals surface area contributed by atoms with Crippen molar-refractivity contribution in [1.29, 1.82) is 0 Å². The number of carboxylic acid groups (broad SMARTS) is 1. The topological polar surface area (TPSA) is 62.2 Å². The minimum Gasteiger partial charge on any atom is -0.480 e. The molecule has 0 aliphatic carbocycles. The van der Waals surface area contributed by atoms with E-state index in [0.29, 0.717) is 10.3 Å². The third-order valence-electron chi connectivity index (χ3n) is 0.897. The molecule has 0 amide bonds. The lowest BCUT2D eigenvalue weighted by atomic mass is 10.6. The van der Waals surface area contributed by atoms with Gasteiger partial charge >= 0.3 is 5.97 Å². The van der Waals surface area contributed by atoms with Gasteiger partial charge in [0.1, 0.15) is 12.4 Å². The van der Waals surface area contributed by atoms with Crippen molar-refractivity contribution in [3.63, 3.8) is 0 Å². The van der Waals surface area contributed by atoms with Gasteiger partial charge in [-0.1, -0.05) is 11.6 Å². The predicted octanol–water partition coefficient (Wildman–Crippen LogP) is 1.29. The van der Waals surface area contributed by atoms with Crippen LogP contribution < -0.4 is 5.32 Å². The van der Waals surface area contributed by atoms with Gasteiger partial charge in [0.2, 0.25) is 0 Å². The highest BCUT2D eigenvalue weighted by Gasteiger charge is 2.00. The van der Waals surface area contributed by atoms with Crippen LogP contribution >= 0.6 is 22.9 Å². The number of rotatable bonds is 3. The lowest BCUT2D eigenvalue weighted by molar-refractivity contribution is -0.134. The summed E-state index contributed by atoms with van der Waals surface area (Å²) in [6.45, 7) is -0.139. The number of carbonyl (C=O) groups is 1. The molecular weight excluding hydrogens is 188 g/mol. The quantitative estimate of drug-likeness (QED) is 0.758. The number of thiazole rings is 1. The van der Waals surface area contributed by atoms with E-state index in [-0.39, 0.29) is 6.54 Å². The smallest absolute Gasteiger partial charge is 0.322 e. The van der Waals surface area contributed by atoms with E-state index in [0.717, 1.165) is 0 Å². The van der Waals surface area contributed by atoms with E-state index < -0.39 is 5.97 Å². The van der Waals surface area contributed by atoms with Gasteiger partial charge < -0.3 is 10.4 Å². The normalized spacial score (nSPS) is 9.55. The summed E-state index contributed by atoms with van der Waals surface area (Å²) < 4.78 is 0.401. The van der Waals surface area contributed by atoms with E-state index >= 15 is 0 Å². The molecule has 0 saturated heterocycles. The van der Waals surface area contributed by atoms with Gasteiger partial charge in [-0.2, -0.15) is 0 Å². The Morgan fingerprint density at radius 3 is 3.09 bits per heavy atom. The maximum absolute atomic E-state index is 10.1. The number of carboxylic acids is 1. The first-order valence-corrected chi connectivity index (χ1v) is 4.01. The molecule has 4 nitrogen and oxygen atoms in total. The Balaban J connectivity index is 2.45. The van der Waals surface area contributed by atoms with Crippen LogP contribution in [0, 0.1) is 0 Å². The number of nitrogens with zero attached hydrogens (tertiary/aromatic N) is 1. The molecule has 0 unspecified atom stereocenters. The number of aliphatic carboxylic acids is 1. The second-order valence-electron chi connectivity index (χ2n) is 1.73. The van der Waals surface area contributed by atoms with Crippen LogP contribution in [0.2, 0.25) is 4.47 Å². The summed E-state index contributed by atoms with van der Waals surface area (Å²) in [5.74, 6) is -0.420. The molecule has 0 fully saturated rings. The molecule has 0 saturated carbocycles. The molecule has 0 aromatic carbocycles. The van der Waals surface area contributed by atoms with Crippen molar-refractivity contribution in [1.82, 2.24) is 4.98 Å². The lowest BCUT2D eigenvalue weighted by Crippen LogP contribution is -2.12. The molecule has 11 heavy (non-hydrogen) atoms. The Morgan fingerprint density at radius 2 is 2.64 bits per heavy atom. The van der Waals surface area contributed by atoms with Gasteiger partial charge in [-0.25, -0.2) is 4.98 Å². The summed E-state index contributed by atoms with van der Waals surface area (Å²) in [5.41, 5.74) is 0. The van der Waals surface area contributed by atoms with Crippen molar-refractivity contribution in [2.24, 2.45) is 0 Å². The molecule has 1 aromatic rings. The Bertz CT molecular complexity index is 263. The van der Waals surface area contributed by atoms with Crippen molar-refractivity contribution >= 4 is 34.7 Å². The van der Waals surface area contributed by atoms with Crippen LogP contribution in [0.3, 0.4) is 0 Å². The molecular formula is C5H5ClN2O2S. The first-order chi connectivity index (χ1) is 5.18. The van der Waals surface area contributed by atoms with Crippen molar-refractivity contribution in [2.45, 2.75) is 0 Å². The van der Waals surface area contributed by atoms with Crippen LogP contribution in [0.4, 0.5) is 5.82 Å². The average molecular weight is 193 g/mol. The Hall–Kier alpha value is -0.810. The van der Waals surface area contributed by atoms with Gasteiger partial charge in [-0.3, -0.25) is 4.79 Å². The second-order valence-corrected chi connectivity index (χ2v) is 3.17. The summed E-state index contributed by atoms with van der Waals surface area (Å²) in [7, 11) is 0. The van der Waals surface area contributed by atoms with Crippen molar-refractivity contribution < 1.29 is 9.90 Å². The number of hydrogen-bond acceptors (Lipinski definition) is 4. The highest BCUT2D eigenvalue weighted by atomic mass is 35.5. The van der Waals surface area contributed by atoms with Crippen LogP contribution in [0.1, 0.15) is 0 Å². The molecule has 1 rings (SSSR count). The van der Waals surface area contributed by atoms with Crippen LogP contribution in [0.25, 0.3) is 0 Å². The molecule has 1 aromatic heterocycles. The van der Waals surface area contributed by atoms with Crippen LogP contribution in [-0.4, -0.2) is 22.6 Å². The first kappa shape index (κ1) is 8.29. The maximum atomic E-state index is 10.1. The number of hydrogen-bond donors (Lipinski definition) is 2. The monoisotopic (exact) mass is 192 g/mol. The second kappa shape index (κ2) is 3.54. The van der Waals surface area contributed by atoms with Gasteiger partial charge in [0.25, 0.3) is 0 Å². The van der Waals surface area contributed by atoms with Crippen molar-refractivity contribution in [3.8, 4) is 0 Å².